The Hall–Kier alpha value is -1.56. The molecule has 29 heavy (non-hydrogen) atoms. The number of hydrogen-bond acceptors (Lipinski definition) is 3. The molecule has 0 saturated carbocycles. The van der Waals surface area contributed by atoms with Gasteiger partial charge in [-0.1, -0.05) is 30.3 Å². The van der Waals surface area contributed by atoms with Crippen LogP contribution >= 0.6 is 24.0 Å². The summed E-state index contributed by atoms with van der Waals surface area (Å²) >= 11 is 0. The summed E-state index contributed by atoms with van der Waals surface area (Å²) in [5.74, 6) is -0.318. The molecule has 2 N–H and O–H groups in total. The fourth-order valence-corrected chi connectivity index (χ4v) is 2.33. The third-order valence-corrected chi connectivity index (χ3v) is 3.81. The van der Waals surface area contributed by atoms with Crippen LogP contribution in [0.1, 0.15) is 31.9 Å². The number of guanidine groups is 1. The first kappa shape index (κ1) is 27.4. The van der Waals surface area contributed by atoms with E-state index in [0.717, 1.165) is 12.6 Å². The fourth-order valence-electron chi connectivity index (χ4n) is 2.33. The number of likely N-dealkylation sites (N-methyl/N-ethyl adjacent to an activating group) is 1. The van der Waals surface area contributed by atoms with Gasteiger partial charge in [0.25, 0.3) is 0 Å². The van der Waals surface area contributed by atoms with Crippen LogP contribution in [0.25, 0.3) is 0 Å². The van der Waals surface area contributed by atoms with Crippen LogP contribution in [0.3, 0.4) is 0 Å². The molecule has 0 aliphatic carbocycles. The largest absolute Gasteiger partial charge is 0.406 e. The van der Waals surface area contributed by atoms with Crippen molar-refractivity contribution in [3.63, 3.8) is 0 Å². The Kier molecular flexibility index (Phi) is 13.7. The second kappa shape index (κ2) is 14.4. The quantitative estimate of drug-likeness (QED) is 0.211. The molecule has 0 radical (unpaired) electrons. The topological polar surface area (TPSA) is 66.0 Å². The molecular formula is C19H30F3IN4O2. The fraction of sp³-hybridized carbons (Fsp3) is 0.579. The first-order valence-corrected chi connectivity index (χ1v) is 9.22. The normalized spacial score (nSPS) is 12.7. The van der Waals surface area contributed by atoms with Crippen LogP contribution in [0.4, 0.5) is 13.2 Å². The van der Waals surface area contributed by atoms with Gasteiger partial charge in [0.1, 0.15) is 13.1 Å². The number of benzene rings is 1. The predicted octanol–water partition coefficient (Wildman–Crippen LogP) is 3.35. The Labute approximate surface area is 187 Å². The van der Waals surface area contributed by atoms with Crippen LogP contribution < -0.4 is 10.6 Å². The number of aliphatic imine (C=N–C) groups is 1. The van der Waals surface area contributed by atoms with Gasteiger partial charge in [-0.05, 0) is 25.8 Å². The molecule has 1 amide bonds. The lowest BCUT2D eigenvalue weighted by Gasteiger charge is -2.18. The smallest absolute Gasteiger partial charge is 0.374 e. The number of alkyl halides is 3. The minimum atomic E-state index is -4.42. The summed E-state index contributed by atoms with van der Waals surface area (Å²) < 4.78 is 42.8. The van der Waals surface area contributed by atoms with Gasteiger partial charge < -0.3 is 20.3 Å². The molecular weight excluding hydrogens is 500 g/mol. The van der Waals surface area contributed by atoms with Crippen molar-refractivity contribution >= 4 is 35.8 Å². The number of hydrogen-bond donors (Lipinski definition) is 2. The summed E-state index contributed by atoms with van der Waals surface area (Å²) in [4.78, 5) is 16.4. The van der Waals surface area contributed by atoms with E-state index in [4.69, 9.17) is 4.74 Å². The molecule has 0 aliphatic heterocycles. The Balaban J connectivity index is 0.00000784. The average Bonchev–Trinajstić information content (AvgIpc) is 2.64. The van der Waals surface area contributed by atoms with Crippen LogP contribution in [0.5, 0.6) is 0 Å². The molecule has 0 saturated heterocycles. The van der Waals surface area contributed by atoms with Gasteiger partial charge in [-0.2, -0.15) is 13.2 Å². The molecule has 6 nitrogen and oxygen atoms in total. The van der Waals surface area contributed by atoms with E-state index in [2.05, 4.69) is 15.6 Å². The van der Waals surface area contributed by atoms with E-state index < -0.39 is 18.6 Å². The van der Waals surface area contributed by atoms with E-state index >= 15 is 0 Å². The zero-order valence-corrected chi connectivity index (χ0v) is 19.3. The monoisotopic (exact) mass is 530 g/mol. The van der Waals surface area contributed by atoms with E-state index in [0.29, 0.717) is 37.0 Å². The van der Waals surface area contributed by atoms with Gasteiger partial charge >= 0.3 is 6.18 Å². The maximum Gasteiger partial charge on any atom is 0.406 e. The highest BCUT2D eigenvalue weighted by Crippen LogP contribution is 2.16. The zero-order valence-electron chi connectivity index (χ0n) is 17.0. The number of amides is 1. The number of carbonyl (C=O) groups excluding carboxylic acids is 1. The third kappa shape index (κ3) is 12.6. The molecule has 1 atom stereocenters. The SMILES string of the molecule is CCNC(=NCC(=O)N(C)CC(F)(F)F)NCCCOC(C)c1ccccc1.I. The summed E-state index contributed by atoms with van der Waals surface area (Å²) in [5, 5.41) is 6.00. The third-order valence-electron chi connectivity index (χ3n) is 3.81. The highest BCUT2D eigenvalue weighted by Gasteiger charge is 2.31. The lowest BCUT2D eigenvalue weighted by Crippen LogP contribution is -2.40. The molecule has 1 rings (SSSR count). The molecule has 1 aromatic rings. The standard InChI is InChI=1S/C19H29F3N4O2.HI/c1-4-23-18(25-13-17(27)26(3)14-19(20,21)22)24-11-8-12-28-15(2)16-9-6-5-7-10-16;/h5-7,9-10,15H,4,8,11-14H2,1-3H3,(H2,23,24,25);1H. The van der Waals surface area contributed by atoms with E-state index in [1.807, 2.05) is 44.2 Å². The molecule has 0 bridgehead atoms. The highest BCUT2D eigenvalue weighted by molar-refractivity contribution is 14.0. The summed E-state index contributed by atoms with van der Waals surface area (Å²) in [6.07, 6.45) is -3.72. The Morgan fingerprint density at radius 1 is 1.24 bits per heavy atom. The number of nitrogens with one attached hydrogen (secondary N) is 2. The summed E-state index contributed by atoms with van der Waals surface area (Å²) in [6, 6.07) is 9.89. The molecule has 0 heterocycles. The van der Waals surface area contributed by atoms with Crippen molar-refractivity contribution in [3.8, 4) is 0 Å². The number of carbonyl (C=O) groups is 1. The molecule has 1 aromatic carbocycles. The van der Waals surface area contributed by atoms with Crippen molar-refractivity contribution in [1.29, 1.82) is 0 Å². The van der Waals surface area contributed by atoms with Crippen LogP contribution in [0.15, 0.2) is 35.3 Å². The van der Waals surface area contributed by atoms with Crippen molar-refractivity contribution in [1.82, 2.24) is 15.5 Å². The second-order valence-electron chi connectivity index (χ2n) is 6.26. The first-order valence-electron chi connectivity index (χ1n) is 9.22. The Bertz CT molecular complexity index is 615. The number of nitrogens with zero attached hydrogens (tertiary/aromatic N) is 2. The maximum absolute atomic E-state index is 12.3. The lowest BCUT2D eigenvalue weighted by molar-refractivity contribution is -0.157. The molecule has 0 aromatic heterocycles. The van der Waals surface area contributed by atoms with Gasteiger partial charge in [0.05, 0.1) is 6.10 Å². The van der Waals surface area contributed by atoms with Gasteiger partial charge in [-0.25, -0.2) is 4.99 Å². The van der Waals surface area contributed by atoms with Crippen molar-refractivity contribution in [2.45, 2.75) is 32.5 Å². The van der Waals surface area contributed by atoms with Gasteiger partial charge in [0, 0.05) is 26.7 Å². The maximum atomic E-state index is 12.3. The van der Waals surface area contributed by atoms with Gasteiger partial charge in [0.2, 0.25) is 5.91 Å². The van der Waals surface area contributed by atoms with E-state index in [1.165, 1.54) is 0 Å². The van der Waals surface area contributed by atoms with Crippen LogP contribution in [0.2, 0.25) is 0 Å². The Morgan fingerprint density at radius 3 is 2.48 bits per heavy atom. The van der Waals surface area contributed by atoms with E-state index in [1.54, 1.807) is 0 Å². The molecule has 10 heteroatoms. The summed E-state index contributed by atoms with van der Waals surface area (Å²) in [6.45, 7) is 3.86. The van der Waals surface area contributed by atoms with Gasteiger partial charge in [0.15, 0.2) is 5.96 Å². The van der Waals surface area contributed by atoms with Crippen molar-refractivity contribution in [2.75, 3.05) is 39.8 Å². The first-order chi connectivity index (χ1) is 13.2. The van der Waals surface area contributed by atoms with Crippen molar-refractivity contribution in [3.05, 3.63) is 35.9 Å². The number of ether oxygens (including phenoxy) is 1. The number of rotatable bonds is 10. The van der Waals surface area contributed by atoms with Crippen LogP contribution in [0, 0.1) is 0 Å². The van der Waals surface area contributed by atoms with E-state index in [9.17, 15) is 18.0 Å². The van der Waals surface area contributed by atoms with Crippen LogP contribution in [-0.2, 0) is 9.53 Å². The minimum Gasteiger partial charge on any atom is -0.374 e. The minimum absolute atomic E-state index is 0. The summed E-state index contributed by atoms with van der Waals surface area (Å²) in [5.41, 5.74) is 1.10. The van der Waals surface area contributed by atoms with Gasteiger partial charge in [-0.3, -0.25) is 4.79 Å². The lowest BCUT2D eigenvalue weighted by atomic mass is 10.1. The van der Waals surface area contributed by atoms with Crippen LogP contribution in [-0.4, -0.2) is 62.8 Å². The number of halogens is 4. The predicted molar refractivity (Wildman–Crippen MR) is 119 cm³/mol. The van der Waals surface area contributed by atoms with Crippen molar-refractivity contribution in [2.24, 2.45) is 4.99 Å². The summed E-state index contributed by atoms with van der Waals surface area (Å²) in [7, 11) is 1.11. The van der Waals surface area contributed by atoms with Gasteiger partial charge in [-0.15, -0.1) is 24.0 Å². The molecule has 1 unspecified atom stereocenters. The molecule has 0 aliphatic rings. The highest BCUT2D eigenvalue weighted by atomic mass is 127. The zero-order chi connectivity index (χ0) is 21.0. The molecule has 0 spiro atoms. The molecule has 0 fully saturated rings. The molecule has 166 valence electrons. The van der Waals surface area contributed by atoms with E-state index in [-0.39, 0.29) is 36.6 Å². The van der Waals surface area contributed by atoms with Crippen molar-refractivity contribution < 1.29 is 22.7 Å². The second-order valence-corrected chi connectivity index (χ2v) is 6.26. The average molecular weight is 530 g/mol. The Morgan fingerprint density at radius 2 is 1.90 bits per heavy atom.